The number of sulfone groups is 1. The van der Waals surface area contributed by atoms with Gasteiger partial charge in [0.25, 0.3) is 5.91 Å². The van der Waals surface area contributed by atoms with Crippen molar-refractivity contribution in [3.05, 3.63) is 76.3 Å². The Labute approximate surface area is 191 Å². The van der Waals surface area contributed by atoms with Gasteiger partial charge in [0, 0.05) is 17.6 Å². The Morgan fingerprint density at radius 1 is 1.06 bits per heavy atom. The first kappa shape index (κ1) is 21.9. The minimum atomic E-state index is -3.16. The van der Waals surface area contributed by atoms with Gasteiger partial charge in [-0.1, -0.05) is 65.7 Å². The Kier molecular flexibility index (Phi) is 6.42. The molecule has 0 aliphatic carbocycles. The molecule has 0 saturated carbocycles. The molecule has 1 atom stereocenters. The highest BCUT2D eigenvalue weighted by Crippen LogP contribution is 2.28. The number of hydrogen-bond donors (Lipinski definition) is 0. The molecule has 0 N–H and O–H groups in total. The largest absolute Gasteiger partial charge is 0.482 e. The molecule has 1 heterocycles. The van der Waals surface area contributed by atoms with E-state index in [-0.39, 0.29) is 30.1 Å². The van der Waals surface area contributed by atoms with Gasteiger partial charge in [0.15, 0.2) is 16.4 Å². The molecule has 0 radical (unpaired) electrons. The van der Waals surface area contributed by atoms with Crippen molar-refractivity contribution in [1.29, 1.82) is 0 Å². The average molecular weight is 478 g/mol. The molecule has 31 heavy (non-hydrogen) atoms. The van der Waals surface area contributed by atoms with Crippen LogP contribution >= 0.6 is 23.2 Å². The zero-order valence-electron chi connectivity index (χ0n) is 16.6. The molecule has 8 heteroatoms. The van der Waals surface area contributed by atoms with Gasteiger partial charge >= 0.3 is 0 Å². The number of carbonyl (C=O) groups excluding carboxylic acids is 1. The van der Waals surface area contributed by atoms with Gasteiger partial charge in [0.2, 0.25) is 0 Å². The fourth-order valence-electron chi connectivity index (χ4n) is 3.87. The van der Waals surface area contributed by atoms with Crippen LogP contribution in [0.5, 0.6) is 5.75 Å². The third-order valence-corrected chi connectivity index (χ3v) is 7.72. The van der Waals surface area contributed by atoms with Crippen molar-refractivity contribution in [3.8, 4) is 5.75 Å². The van der Waals surface area contributed by atoms with Gasteiger partial charge in [-0.25, -0.2) is 8.42 Å². The summed E-state index contributed by atoms with van der Waals surface area (Å²) in [5.74, 6) is 0.108. The number of hydrogen-bond acceptors (Lipinski definition) is 4. The van der Waals surface area contributed by atoms with E-state index in [2.05, 4.69) is 0 Å². The van der Waals surface area contributed by atoms with Gasteiger partial charge in [0.05, 0.1) is 16.5 Å². The zero-order valence-corrected chi connectivity index (χ0v) is 19.0. The first-order chi connectivity index (χ1) is 14.8. The van der Waals surface area contributed by atoms with Crippen molar-refractivity contribution in [3.63, 3.8) is 0 Å². The number of rotatable bonds is 6. The van der Waals surface area contributed by atoms with E-state index in [0.717, 1.165) is 16.3 Å². The van der Waals surface area contributed by atoms with Gasteiger partial charge < -0.3 is 9.64 Å². The van der Waals surface area contributed by atoms with Crippen molar-refractivity contribution in [2.45, 2.75) is 19.0 Å². The maximum Gasteiger partial charge on any atom is 0.261 e. The summed E-state index contributed by atoms with van der Waals surface area (Å²) < 4.78 is 29.8. The van der Waals surface area contributed by atoms with Crippen molar-refractivity contribution in [2.75, 3.05) is 18.1 Å². The van der Waals surface area contributed by atoms with Crippen LogP contribution in [0.25, 0.3) is 10.8 Å². The van der Waals surface area contributed by atoms with Gasteiger partial charge in [-0.3, -0.25) is 4.79 Å². The number of halogens is 2. The van der Waals surface area contributed by atoms with Crippen LogP contribution < -0.4 is 4.74 Å². The van der Waals surface area contributed by atoms with Crippen LogP contribution in [0.3, 0.4) is 0 Å². The molecular weight excluding hydrogens is 457 g/mol. The van der Waals surface area contributed by atoms with Crippen molar-refractivity contribution >= 4 is 49.7 Å². The van der Waals surface area contributed by atoms with Crippen LogP contribution in [0, 0.1) is 0 Å². The quantitative estimate of drug-likeness (QED) is 0.514. The second-order valence-electron chi connectivity index (χ2n) is 7.58. The lowest BCUT2D eigenvalue weighted by Crippen LogP contribution is -2.43. The molecular formula is C23H21Cl2NO4S. The summed E-state index contributed by atoms with van der Waals surface area (Å²) in [5, 5.41) is 2.88. The molecule has 1 aliphatic rings. The van der Waals surface area contributed by atoms with E-state index < -0.39 is 9.84 Å². The zero-order chi connectivity index (χ0) is 22.0. The van der Waals surface area contributed by atoms with Crippen molar-refractivity contribution < 1.29 is 17.9 Å². The molecule has 1 aliphatic heterocycles. The predicted molar refractivity (Wildman–Crippen MR) is 124 cm³/mol. The fraction of sp³-hybridized carbons (Fsp3) is 0.261. The van der Waals surface area contributed by atoms with Gasteiger partial charge in [0.1, 0.15) is 5.75 Å². The van der Waals surface area contributed by atoms with Crippen LogP contribution in [0.4, 0.5) is 0 Å². The Hall–Kier alpha value is -2.28. The van der Waals surface area contributed by atoms with Crippen LogP contribution in [-0.4, -0.2) is 43.4 Å². The minimum absolute atomic E-state index is 0.0365. The van der Waals surface area contributed by atoms with E-state index in [1.807, 2.05) is 42.5 Å². The molecule has 4 rings (SSSR count). The van der Waals surface area contributed by atoms with Gasteiger partial charge in [-0.15, -0.1) is 0 Å². The number of ether oxygens (including phenoxy) is 1. The molecule has 1 saturated heterocycles. The summed E-state index contributed by atoms with van der Waals surface area (Å²) >= 11 is 12.0. The molecule has 3 aromatic rings. The molecule has 3 aromatic carbocycles. The number of amides is 1. The van der Waals surface area contributed by atoms with E-state index in [1.54, 1.807) is 23.1 Å². The third kappa shape index (κ3) is 5.14. The monoisotopic (exact) mass is 477 g/mol. The standard InChI is InChI=1S/C23H21Cl2NO4S/c24-18-8-9-22(21(25)12-18)30-14-23(27)26(19-10-11-31(28,29)15-19)13-17-6-3-5-16-4-1-2-7-20(16)17/h1-9,12,19H,10-11,13-15H2/t19-/m0/s1. The maximum absolute atomic E-state index is 13.2. The Morgan fingerprint density at radius 3 is 2.58 bits per heavy atom. The lowest BCUT2D eigenvalue weighted by atomic mass is 10.0. The van der Waals surface area contributed by atoms with Crippen LogP contribution in [0.2, 0.25) is 10.0 Å². The first-order valence-corrected chi connectivity index (χ1v) is 12.4. The van der Waals surface area contributed by atoms with Crippen LogP contribution in [0.15, 0.2) is 60.7 Å². The Morgan fingerprint density at radius 2 is 1.84 bits per heavy atom. The first-order valence-electron chi connectivity index (χ1n) is 9.87. The number of fused-ring (bicyclic) bond motifs is 1. The van der Waals surface area contributed by atoms with E-state index in [4.69, 9.17) is 27.9 Å². The molecule has 1 fully saturated rings. The van der Waals surface area contributed by atoms with E-state index in [1.165, 1.54) is 0 Å². The number of benzene rings is 3. The Balaban J connectivity index is 1.58. The van der Waals surface area contributed by atoms with Crippen molar-refractivity contribution in [2.24, 2.45) is 0 Å². The highest BCUT2D eigenvalue weighted by molar-refractivity contribution is 7.91. The summed E-state index contributed by atoms with van der Waals surface area (Å²) in [6, 6.07) is 18.2. The van der Waals surface area contributed by atoms with E-state index in [0.29, 0.717) is 28.8 Å². The lowest BCUT2D eigenvalue weighted by molar-refractivity contribution is -0.135. The highest BCUT2D eigenvalue weighted by Gasteiger charge is 2.35. The molecule has 0 aromatic heterocycles. The fourth-order valence-corrected chi connectivity index (χ4v) is 6.06. The van der Waals surface area contributed by atoms with E-state index in [9.17, 15) is 13.2 Å². The topological polar surface area (TPSA) is 63.7 Å². The van der Waals surface area contributed by atoms with E-state index >= 15 is 0 Å². The van der Waals surface area contributed by atoms with Crippen molar-refractivity contribution in [1.82, 2.24) is 4.90 Å². The second kappa shape index (κ2) is 9.07. The SMILES string of the molecule is O=C(COc1ccc(Cl)cc1Cl)N(Cc1cccc2ccccc12)[C@H]1CCS(=O)(=O)C1. The summed E-state index contributed by atoms with van der Waals surface area (Å²) in [4.78, 5) is 14.8. The third-order valence-electron chi connectivity index (χ3n) is 5.44. The molecule has 0 bridgehead atoms. The molecule has 0 unspecified atom stereocenters. The maximum atomic E-state index is 13.2. The normalized spacial score (nSPS) is 17.5. The highest BCUT2D eigenvalue weighted by atomic mass is 35.5. The molecule has 162 valence electrons. The summed E-state index contributed by atoms with van der Waals surface area (Å²) in [6.45, 7) is 0.0563. The summed E-state index contributed by atoms with van der Waals surface area (Å²) in [7, 11) is -3.16. The molecule has 5 nitrogen and oxygen atoms in total. The smallest absolute Gasteiger partial charge is 0.261 e. The lowest BCUT2D eigenvalue weighted by Gasteiger charge is -2.29. The number of carbonyl (C=O) groups is 1. The summed E-state index contributed by atoms with van der Waals surface area (Å²) in [5.41, 5.74) is 0.959. The molecule has 0 spiro atoms. The van der Waals surface area contributed by atoms with Crippen LogP contribution in [-0.2, 0) is 21.2 Å². The van der Waals surface area contributed by atoms with Crippen LogP contribution in [0.1, 0.15) is 12.0 Å². The number of nitrogens with zero attached hydrogens (tertiary/aromatic N) is 1. The predicted octanol–water partition coefficient (Wildman–Crippen LogP) is 4.74. The second-order valence-corrected chi connectivity index (χ2v) is 10.7. The Bertz CT molecular complexity index is 1220. The van der Waals surface area contributed by atoms with Gasteiger partial charge in [-0.05, 0) is 41.0 Å². The molecule has 1 amide bonds. The summed E-state index contributed by atoms with van der Waals surface area (Å²) in [6.07, 6.45) is 0.417. The minimum Gasteiger partial charge on any atom is -0.482 e. The van der Waals surface area contributed by atoms with Gasteiger partial charge in [-0.2, -0.15) is 0 Å². The average Bonchev–Trinajstić information content (AvgIpc) is 3.10.